The molecule has 5 nitrogen and oxygen atoms in total. The van der Waals surface area contributed by atoms with Crippen molar-refractivity contribution in [3.8, 4) is 5.75 Å². The molecule has 0 aliphatic carbocycles. The fourth-order valence-corrected chi connectivity index (χ4v) is 4.49. The number of fused-ring (bicyclic) bond motifs is 1. The van der Waals surface area contributed by atoms with E-state index in [9.17, 15) is 9.59 Å². The van der Waals surface area contributed by atoms with E-state index in [0.717, 1.165) is 27.2 Å². The van der Waals surface area contributed by atoms with Gasteiger partial charge in [-0.2, -0.15) is 0 Å². The van der Waals surface area contributed by atoms with Crippen LogP contribution < -0.4 is 10.1 Å². The number of rotatable bonds is 11. The highest BCUT2D eigenvalue weighted by Gasteiger charge is 2.29. The molecular weight excluding hydrogens is 492 g/mol. The number of amides is 2. The third-order valence-corrected chi connectivity index (χ3v) is 6.87. The second-order valence-corrected chi connectivity index (χ2v) is 9.25. The van der Waals surface area contributed by atoms with Crippen LogP contribution in [-0.4, -0.2) is 41.9 Å². The van der Waals surface area contributed by atoms with Gasteiger partial charge in [0, 0.05) is 12.6 Å². The minimum Gasteiger partial charge on any atom is -0.483 e. The lowest BCUT2D eigenvalue weighted by atomic mass is 10.1. The molecule has 0 radical (unpaired) electrons. The molecular formula is C28H33BrN2O3. The van der Waals surface area contributed by atoms with Gasteiger partial charge < -0.3 is 15.0 Å². The average Bonchev–Trinajstić information content (AvgIpc) is 2.86. The Morgan fingerprint density at radius 1 is 0.971 bits per heavy atom. The summed E-state index contributed by atoms with van der Waals surface area (Å²) in [6, 6.07) is 21.3. The standard InChI is InChI=1S/C28H33BrN2O3/c1-4-20(3)30-28(33)24(5-2)31(18-17-21-11-7-6-8-12-21)26(32)19-34-25-16-15-22-13-9-10-14-23(22)27(25)29/h6-16,20,24H,4-5,17-19H2,1-3H3,(H,30,33). The van der Waals surface area contributed by atoms with Gasteiger partial charge in [0.1, 0.15) is 11.8 Å². The van der Waals surface area contributed by atoms with Crippen LogP contribution in [0.3, 0.4) is 0 Å². The van der Waals surface area contributed by atoms with Crippen molar-refractivity contribution in [1.29, 1.82) is 0 Å². The van der Waals surface area contributed by atoms with E-state index in [1.54, 1.807) is 4.90 Å². The van der Waals surface area contributed by atoms with E-state index in [1.165, 1.54) is 0 Å². The van der Waals surface area contributed by atoms with Gasteiger partial charge in [-0.15, -0.1) is 0 Å². The summed E-state index contributed by atoms with van der Waals surface area (Å²) < 4.78 is 6.76. The molecule has 0 saturated carbocycles. The molecule has 34 heavy (non-hydrogen) atoms. The molecule has 180 valence electrons. The maximum Gasteiger partial charge on any atom is 0.261 e. The minimum absolute atomic E-state index is 0.0532. The Morgan fingerprint density at radius 3 is 2.38 bits per heavy atom. The zero-order valence-corrected chi connectivity index (χ0v) is 21.7. The number of benzene rings is 3. The zero-order chi connectivity index (χ0) is 24.5. The molecule has 0 heterocycles. The van der Waals surface area contributed by atoms with E-state index >= 15 is 0 Å². The molecule has 3 aromatic rings. The van der Waals surface area contributed by atoms with Gasteiger partial charge in [-0.05, 0) is 64.5 Å². The number of nitrogens with one attached hydrogen (secondary N) is 1. The highest BCUT2D eigenvalue weighted by Crippen LogP contribution is 2.33. The quantitative estimate of drug-likeness (QED) is 0.347. The Labute approximate surface area is 210 Å². The fourth-order valence-electron chi connectivity index (χ4n) is 3.88. The van der Waals surface area contributed by atoms with Gasteiger partial charge in [-0.3, -0.25) is 9.59 Å². The fraction of sp³-hybridized carbons (Fsp3) is 0.357. The number of hydrogen-bond acceptors (Lipinski definition) is 3. The van der Waals surface area contributed by atoms with Crippen LogP contribution in [-0.2, 0) is 16.0 Å². The summed E-state index contributed by atoms with van der Waals surface area (Å²) in [6.07, 6.45) is 2.03. The highest BCUT2D eigenvalue weighted by molar-refractivity contribution is 9.10. The number of carbonyl (C=O) groups is 2. The van der Waals surface area contributed by atoms with Crippen LogP contribution in [0.4, 0.5) is 0 Å². The summed E-state index contributed by atoms with van der Waals surface area (Å²) in [6.45, 7) is 6.24. The van der Waals surface area contributed by atoms with Gasteiger partial charge in [0.05, 0.1) is 4.47 Å². The van der Waals surface area contributed by atoms with Crippen molar-refractivity contribution in [2.75, 3.05) is 13.2 Å². The van der Waals surface area contributed by atoms with Crippen molar-refractivity contribution in [3.05, 3.63) is 76.8 Å². The molecule has 0 aliphatic heterocycles. The third-order valence-electron chi connectivity index (χ3n) is 6.05. The lowest BCUT2D eigenvalue weighted by Gasteiger charge is -2.31. The molecule has 0 spiro atoms. The molecule has 0 aliphatic rings. The Bertz CT molecular complexity index is 1100. The number of carbonyl (C=O) groups excluding carboxylic acids is 2. The molecule has 0 bridgehead atoms. The predicted octanol–water partition coefficient (Wildman–Crippen LogP) is 5.75. The van der Waals surface area contributed by atoms with Crippen molar-refractivity contribution in [2.24, 2.45) is 0 Å². The van der Waals surface area contributed by atoms with Crippen LogP contribution in [0.15, 0.2) is 71.2 Å². The van der Waals surface area contributed by atoms with Crippen molar-refractivity contribution in [2.45, 2.75) is 52.1 Å². The summed E-state index contributed by atoms with van der Waals surface area (Å²) in [5.74, 6) is 0.277. The Kier molecular flexibility index (Phi) is 9.52. The van der Waals surface area contributed by atoms with Crippen LogP contribution in [0, 0.1) is 0 Å². The smallest absolute Gasteiger partial charge is 0.261 e. The average molecular weight is 525 g/mol. The zero-order valence-electron chi connectivity index (χ0n) is 20.1. The normalized spacial score (nSPS) is 12.7. The molecule has 6 heteroatoms. The van der Waals surface area contributed by atoms with Crippen molar-refractivity contribution in [1.82, 2.24) is 10.2 Å². The SMILES string of the molecule is CCC(C)NC(=O)C(CC)N(CCc1ccccc1)C(=O)COc1ccc2ccccc2c1Br. The molecule has 0 fully saturated rings. The van der Waals surface area contributed by atoms with Crippen LogP contribution >= 0.6 is 15.9 Å². The summed E-state index contributed by atoms with van der Waals surface area (Å²) in [5.41, 5.74) is 1.12. The first-order valence-electron chi connectivity index (χ1n) is 11.9. The summed E-state index contributed by atoms with van der Waals surface area (Å²) >= 11 is 3.62. The van der Waals surface area contributed by atoms with Gasteiger partial charge in [0.15, 0.2) is 6.61 Å². The van der Waals surface area contributed by atoms with Crippen LogP contribution in [0.1, 0.15) is 39.2 Å². The van der Waals surface area contributed by atoms with E-state index in [4.69, 9.17) is 4.74 Å². The second-order valence-electron chi connectivity index (χ2n) is 8.45. The highest BCUT2D eigenvalue weighted by atomic mass is 79.9. The lowest BCUT2D eigenvalue weighted by Crippen LogP contribution is -2.52. The Hall–Kier alpha value is -2.86. The molecule has 1 N–H and O–H groups in total. The van der Waals surface area contributed by atoms with Crippen LogP contribution in [0.5, 0.6) is 5.75 Å². The van der Waals surface area contributed by atoms with Crippen molar-refractivity contribution < 1.29 is 14.3 Å². The minimum atomic E-state index is -0.547. The van der Waals surface area contributed by atoms with Crippen molar-refractivity contribution in [3.63, 3.8) is 0 Å². The Balaban J connectivity index is 1.77. The molecule has 3 rings (SSSR count). The van der Waals surface area contributed by atoms with E-state index in [2.05, 4.69) is 21.2 Å². The van der Waals surface area contributed by atoms with Gasteiger partial charge in [0.2, 0.25) is 5.91 Å². The first kappa shape index (κ1) is 25.8. The number of halogens is 1. The predicted molar refractivity (Wildman–Crippen MR) is 141 cm³/mol. The van der Waals surface area contributed by atoms with Crippen molar-refractivity contribution >= 4 is 38.5 Å². The molecule has 3 aromatic carbocycles. The number of hydrogen-bond donors (Lipinski definition) is 1. The van der Waals surface area contributed by atoms with E-state index in [-0.39, 0.29) is 24.5 Å². The lowest BCUT2D eigenvalue weighted by molar-refractivity contribution is -0.142. The van der Waals surface area contributed by atoms with Crippen LogP contribution in [0.2, 0.25) is 0 Å². The monoisotopic (exact) mass is 524 g/mol. The first-order valence-corrected chi connectivity index (χ1v) is 12.7. The van der Waals surface area contributed by atoms with E-state index in [1.807, 2.05) is 87.5 Å². The molecule has 0 aromatic heterocycles. The molecule has 2 atom stereocenters. The van der Waals surface area contributed by atoms with E-state index in [0.29, 0.717) is 25.1 Å². The molecule has 0 saturated heterocycles. The second kappa shape index (κ2) is 12.6. The summed E-state index contributed by atoms with van der Waals surface area (Å²) in [7, 11) is 0. The topological polar surface area (TPSA) is 58.6 Å². The number of ether oxygens (including phenoxy) is 1. The van der Waals surface area contributed by atoms with Gasteiger partial charge in [0.25, 0.3) is 5.91 Å². The summed E-state index contributed by atoms with van der Waals surface area (Å²) in [5, 5.41) is 5.15. The maximum atomic E-state index is 13.4. The van der Waals surface area contributed by atoms with Gasteiger partial charge >= 0.3 is 0 Å². The third kappa shape index (κ3) is 6.60. The number of nitrogens with zero attached hydrogens (tertiary/aromatic N) is 1. The first-order chi connectivity index (χ1) is 16.4. The maximum absolute atomic E-state index is 13.4. The Morgan fingerprint density at radius 2 is 1.68 bits per heavy atom. The van der Waals surface area contributed by atoms with E-state index < -0.39 is 6.04 Å². The largest absolute Gasteiger partial charge is 0.483 e. The van der Waals surface area contributed by atoms with Gasteiger partial charge in [-0.25, -0.2) is 0 Å². The molecule has 2 amide bonds. The van der Waals surface area contributed by atoms with Gasteiger partial charge in [-0.1, -0.05) is 74.5 Å². The molecule has 2 unspecified atom stereocenters. The van der Waals surface area contributed by atoms with Crippen LogP contribution in [0.25, 0.3) is 10.8 Å². The summed E-state index contributed by atoms with van der Waals surface area (Å²) in [4.78, 5) is 28.1.